The molecule has 0 aromatic heterocycles. The minimum absolute atomic E-state index is 0.271. The van der Waals surface area contributed by atoms with Gasteiger partial charge in [0, 0.05) is 0 Å². The van der Waals surface area contributed by atoms with E-state index < -0.39 is 0 Å². The number of hydrogen-bond acceptors (Lipinski definition) is 2. The van der Waals surface area contributed by atoms with Crippen LogP contribution in [-0.2, 0) is 0 Å². The Morgan fingerprint density at radius 1 is 1.27 bits per heavy atom. The van der Waals surface area contributed by atoms with E-state index in [0.29, 0.717) is 22.1 Å². The number of ether oxygens (including phenoxy) is 2. The molecule has 0 aliphatic heterocycles. The number of alkyl halides is 1. The number of rotatable bonds is 2. The number of methoxy groups -OCH3 is 2. The Morgan fingerprint density at radius 2 is 2.00 bits per heavy atom. The summed E-state index contributed by atoms with van der Waals surface area (Å²) in [7, 11) is 3.08. The summed E-state index contributed by atoms with van der Waals surface area (Å²) < 4.78 is 10.2. The molecule has 0 saturated heterocycles. The van der Waals surface area contributed by atoms with Crippen LogP contribution in [0.25, 0.3) is 0 Å². The molecule has 0 bridgehead atoms. The summed E-state index contributed by atoms with van der Waals surface area (Å²) in [6.45, 7) is 0. The van der Waals surface area contributed by atoms with Crippen LogP contribution in [0.3, 0.4) is 0 Å². The van der Waals surface area contributed by atoms with Gasteiger partial charge in [-0.15, -0.1) is 11.6 Å². The molecule has 0 atom stereocenters. The van der Waals surface area contributed by atoms with Crippen molar-refractivity contribution in [3.63, 3.8) is 0 Å². The molecule has 0 aliphatic rings. The van der Waals surface area contributed by atoms with Crippen LogP contribution in [0.1, 0.15) is 5.56 Å². The topological polar surface area (TPSA) is 18.5 Å². The molecule has 0 aliphatic carbocycles. The van der Waals surface area contributed by atoms with Gasteiger partial charge < -0.3 is 9.47 Å². The van der Waals surface area contributed by atoms with Crippen molar-refractivity contribution in [1.82, 2.24) is 0 Å². The zero-order chi connectivity index (χ0) is 11.3. The zero-order valence-electron chi connectivity index (χ0n) is 8.43. The van der Waals surface area contributed by atoms with Crippen molar-refractivity contribution in [2.24, 2.45) is 0 Å². The van der Waals surface area contributed by atoms with Crippen molar-refractivity contribution in [3.05, 3.63) is 22.7 Å². The van der Waals surface area contributed by atoms with Crippen molar-refractivity contribution in [1.29, 1.82) is 0 Å². The summed E-state index contributed by atoms with van der Waals surface area (Å²) in [4.78, 5) is 0. The summed E-state index contributed by atoms with van der Waals surface area (Å²) in [5.74, 6) is 6.94. The quantitative estimate of drug-likeness (QED) is 0.589. The van der Waals surface area contributed by atoms with Crippen LogP contribution in [0, 0.1) is 11.8 Å². The van der Waals surface area contributed by atoms with Gasteiger partial charge in [-0.2, -0.15) is 0 Å². The Hall–Kier alpha value is -1.04. The minimum Gasteiger partial charge on any atom is -0.495 e. The van der Waals surface area contributed by atoms with Gasteiger partial charge in [0.05, 0.1) is 25.7 Å². The Labute approximate surface area is 99.1 Å². The predicted octanol–water partition coefficient (Wildman–Crippen LogP) is 2.95. The first-order valence-electron chi connectivity index (χ1n) is 4.20. The molecule has 0 unspecified atom stereocenters. The molecule has 0 radical (unpaired) electrons. The van der Waals surface area contributed by atoms with Gasteiger partial charge >= 0.3 is 0 Å². The molecular weight excluding hydrogens is 235 g/mol. The fourth-order valence-corrected chi connectivity index (χ4v) is 1.51. The van der Waals surface area contributed by atoms with Crippen LogP contribution in [-0.4, -0.2) is 20.1 Å². The van der Waals surface area contributed by atoms with Gasteiger partial charge in [0.2, 0.25) is 0 Å². The van der Waals surface area contributed by atoms with Crippen LogP contribution in [0.15, 0.2) is 12.1 Å². The van der Waals surface area contributed by atoms with Crippen LogP contribution in [0.2, 0.25) is 5.02 Å². The molecule has 0 saturated carbocycles. The summed E-state index contributed by atoms with van der Waals surface area (Å²) in [6.07, 6.45) is 0. The van der Waals surface area contributed by atoms with Crippen molar-refractivity contribution < 1.29 is 9.47 Å². The Kier molecular flexibility index (Phi) is 4.61. The molecule has 1 aromatic rings. The molecule has 0 N–H and O–H groups in total. The Bertz CT molecular complexity index is 405. The van der Waals surface area contributed by atoms with Gasteiger partial charge in [-0.25, -0.2) is 0 Å². The number of halogens is 2. The molecule has 0 amide bonds. The van der Waals surface area contributed by atoms with E-state index in [2.05, 4.69) is 11.8 Å². The van der Waals surface area contributed by atoms with Gasteiger partial charge in [0.1, 0.15) is 10.8 Å². The highest BCUT2D eigenvalue weighted by Crippen LogP contribution is 2.36. The second kappa shape index (κ2) is 5.75. The van der Waals surface area contributed by atoms with Gasteiger partial charge in [-0.1, -0.05) is 23.4 Å². The normalized spacial score (nSPS) is 9.07. The predicted molar refractivity (Wildman–Crippen MR) is 62.2 cm³/mol. The molecule has 1 rings (SSSR count). The minimum atomic E-state index is 0.271. The van der Waals surface area contributed by atoms with Crippen LogP contribution < -0.4 is 9.47 Å². The molecular formula is C11H10Cl2O2. The fraction of sp³-hybridized carbons (Fsp3) is 0.273. The van der Waals surface area contributed by atoms with Crippen molar-refractivity contribution >= 4 is 23.2 Å². The maximum Gasteiger partial charge on any atom is 0.156 e. The molecule has 1 aromatic carbocycles. The molecule has 0 fully saturated rings. The average Bonchev–Trinajstić information content (AvgIpc) is 2.26. The first-order chi connectivity index (χ1) is 7.24. The third kappa shape index (κ3) is 2.71. The summed E-state index contributed by atoms with van der Waals surface area (Å²) in [5, 5.41) is 0.418. The average molecular weight is 245 g/mol. The molecule has 0 heterocycles. The Balaban J connectivity index is 3.24. The molecule has 80 valence electrons. The summed E-state index contributed by atoms with van der Waals surface area (Å²) in [5.41, 5.74) is 0.698. The first-order valence-corrected chi connectivity index (χ1v) is 5.11. The highest BCUT2D eigenvalue weighted by atomic mass is 35.5. The third-order valence-electron chi connectivity index (χ3n) is 1.78. The lowest BCUT2D eigenvalue weighted by Gasteiger charge is -2.09. The Morgan fingerprint density at radius 3 is 2.53 bits per heavy atom. The first kappa shape index (κ1) is 12.0. The smallest absolute Gasteiger partial charge is 0.156 e. The van der Waals surface area contributed by atoms with E-state index in [4.69, 9.17) is 32.7 Å². The number of hydrogen-bond donors (Lipinski definition) is 0. The van der Waals surface area contributed by atoms with E-state index in [9.17, 15) is 0 Å². The van der Waals surface area contributed by atoms with E-state index >= 15 is 0 Å². The van der Waals surface area contributed by atoms with Gasteiger partial charge in [0.15, 0.2) is 5.75 Å². The maximum atomic E-state index is 6.04. The van der Waals surface area contributed by atoms with Crippen molar-refractivity contribution in [2.45, 2.75) is 0 Å². The van der Waals surface area contributed by atoms with E-state index in [1.54, 1.807) is 19.2 Å². The zero-order valence-corrected chi connectivity index (χ0v) is 9.95. The van der Waals surface area contributed by atoms with Crippen LogP contribution >= 0.6 is 23.2 Å². The third-order valence-corrected chi connectivity index (χ3v) is 2.27. The summed E-state index contributed by atoms with van der Waals surface area (Å²) >= 11 is 11.5. The van der Waals surface area contributed by atoms with E-state index in [-0.39, 0.29) is 5.88 Å². The fourth-order valence-electron chi connectivity index (χ4n) is 1.12. The van der Waals surface area contributed by atoms with Gasteiger partial charge in [0.25, 0.3) is 0 Å². The standard InChI is InChI=1S/C11H10Cl2O2/c1-14-9-6-5-8(4-3-7-12)11(15-2)10(9)13/h5-6H,7H2,1-2H3. The lowest BCUT2D eigenvalue weighted by molar-refractivity contribution is 0.394. The lowest BCUT2D eigenvalue weighted by Crippen LogP contribution is -1.92. The van der Waals surface area contributed by atoms with E-state index in [0.717, 1.165) is 0 Å². The molecule has 2 nitrogen and oxygen atoms in total. The number of benzene rings is 1. The summed E-state index contributed by atoms with van der Waals surface area (Å²) in [6, 6.07) is 3.52. The van der Waals surface area contributed by atoms with Crippen molar-refractivity contribution in [2.75, 3.05) is 20.1 Å². The van der Waals surface area contributed by atoms with Crippen molar-refractivity contribution in [3.8, 4) is 23.3 Å². The van der Waals surface area contributed by atoms with Gasteiger partial charge in [-0.3, -0.25) is 0 Å². The lowest BCUT2D eigenvalue weighted by atomic mass is 10.2. The monoisotopic (exact) mass is 244 g/mol. The molecule has 15 heavy (non-hydrogen) atoms. The van der Waals surface area contributed by atoms with Crippen LogP contribution in [0.4, 0.5) is 0 Å². The van der Waals surface area contributed by atoms with Gasteiger partial charge in [-0.05, 0) is 12.1 Å². The SMILES string of the molecule is COc1ccc(C#CCCl)c(OC)c1Cl. The van der Waals surface area contributed by atoms with E-state index in [1.165, 1.54) is 7.11 Å². The highest BCUT2D eigenvalue weighted by Gasteiger charge is 2.11. The second-order valence-corrected chi connectivity index (χ2v) is 3.24. The maximum absolute atomic E-state index is 6.04. The van der Waals surface area contributed by atoms with E-state index in [1.807, 2.05) is 0 Å². The second-order valence-electron chi connectivity index (χ2n) is 2.60. The van der Waals surface area contributed by atoms with Crippen LogP contribution in [0.5, 0.6) is 11.5 Å². The molecule has 0 spiro atoms. The largest absolute Gasteiger partial charge is 0.495 e. The molecule has 4 heteroatoms. The highest BCUT2D eigenvalue weighted by molar-refractivity contribution is 6.33.